The van der Waals surface area contributed by atoms with Gasteiger partial charge in [-0.25, -0.2) is 9.18 Å². The van der Waals surface area contributed by atoms with E-state index in [1.807, 2.05) is 33.8 Å². The van der Waals surface area contributed by atoms with Gasteiger partial charge in [-0.05, 0) is 75.1 Å². The summed E-state index contributed by atoms with van der Waals surface area (Å²) >= 11 is 0. The third-order valence-corrected chi connectivity index (χ3v) is 4.57. The van der Waals surface area contributed by atoms with Crippen molar-refractivity contribution in [2.24, 2.45) is 5.92 Å². The van der Waals surface area contributed by atoms with E-state index >= 15 is 0 Å². The average molecular weight is 351 g/mol. The van der Waals surface area contributed by atoms with Gasteiger partial charge in [-0.3, -0.25) is 0 Å². The second kappa shape index (κ2) is 8.17. The van der Waals surface area contributed by atoms with Gasteiger partial charge in [0.15, 0.2) is 0 Å². The first kappa shape index (κ1) is 19.7. The number of carbonyl (C=O) groups is 1. The molecule has 1 N–H and O–H groups in total. The van der Waals surface area contributed by atoms with Crippen molar-refractivity contribution in [2.45, 2.75) is 58.5 Å². The number of piperidine rings is 1. The Morgan fingerprint density at radius 3 is 2.56 bits per heavy atom. The molecule has 5 heteroatoms. The summed E-state index contributed by atoms with van der Waals surface area (Å²) in [5.41, 5.74) is 1.63. The largest absolute Gasteiger partial charge is 0.444 e. The number of benzene rings is 1. The third kappa shape index (κ3) is 5.70. The van der Waals surface area contributed by atoms with E-state index in [0.29, 0.717) is 25.4 Å². The van der Waals surface area contributed by atoms with Crippen LogP contribution in [0.5, 0.6) is 0 Å². The van der Waals surface area contributed by atoms with Crippen LogP contribution in [0.1, 0.15) is 57.6 Å². The lowest BCUT2D eigenvalue weighted by Crippen LogP contribution is -2.41. The van der Waals surface area contributed by atoms with Crippen LogP contribution in [-0.4, -0.2) is 41.4 Å². The van der Waals surface area contributed by atoms with Crippen molar-refractivity contribution in [1.29, 1.82) is 0 Å². The number of likely N-dealkylation sites (tertiary alicyclic amines) is 1. The van der Waals surface area contributed by atoms with E-state index in [0.717, 1.165) is 24.0 Å². The van der Waals surface area contributed by atoms with E-state index in [1.54, 1.807) is 11.0 Å². The smallest absolute Gasteiger partial charge is 0.410 e. The van der Waals surface area contributed by atoms with Gasteiger partial charge >= 0.3 is 6.09 Å². The number of rotatable bonds is 4. The molecule has 1 unspecified atom stereocenters. The first-order chi connectivity index (χ1) is 11.7. The van der Waals surface area contributed by atoms with Crippen LogP contribution in [0.25, 0.3) is 0 Å². The highest BCUT2D eigenvalue weighted by molar-refractivity contribution is 5.68. The van der Waals surface area contributed by atoms with Gasteiger partial charge in [0.25, 0.3) is 0 Å². The molecule has 1 aromatic rings. The first-order valence-electron chi connectivity index (χ1n) is 9.06. The third-order valence-electron chi connectivity index (χ3n) is 4.57. The molecule has 2 rings (SSSR count). The molecule has 0 radical (unpaired) electrons. The zero-order chi connectivity index (χ0) is 18.6. The van der Waals surface area contributed by atoms with E-state index in [4.69, 9.17) is 4.74 Å². The first-order valence-corrected chi connectivity index (χ1v) is 9.06. The van der Waals surface area contributed by atoms with Gasteiger partial charge in [0.1, 0.15) is 11.4 Å². The van der Waals surface area contributed by atoms with E-state index in [9.17, 15) is 14.3 Å². The number of ether oxygens (including phenoxy) is 1. The molecule has 1 aliphatic rings. The molecule has 140 valence electrons. The molecule has 0 saturated carbocycles. The highest BCUT2D eigenvalue weighted by Crippen LogP contribution is 2.32. The van der Waals surface area contributed by atoms with Crippen LogP contribution in [0.2, 0.25) is 0 Å². The van der Waals surface area contributed by atoms with Crippen molar-refractivity contribution in [2.75, 3.05) is 19.7 Å². The average Bonchev–Trinajstić information content (AvgIpc) is 2.53. The Kier molecular flexibility index (Phi) is 6.44. The highest BCUT2D eigenvalue weighted by atomic mass is 19.1. The predicted molar refractivity (Wildman–Crippen MR) is 96.1 cm³/mol. The summed E-state index contributed by atoms with van der Waals surface area (Å²) in [5.74, 6) is 0.165. The summed E-state index contributed by atoms with van der Waals surface area (Å²) in [6, 6.07) is 4.95. The molecule has 1 aliphatic heterocycles. The Balaban J connectivity index is 2.04. The second-order valence-corrected chi connectivity index (χ2v) is 8.08. The van der Waals surface area contributed by atoms with Crippen LogP contribution in [0.15, 0.2) is 18.2 Å². The number of carbonyl (C=O) groups excluding carboxylic acids is 1. The molecule has 1 amide bonds. The number of nitrogens with zero attached hydrogens (tertiary/aromatic N) is 1. The van der Waals surface area contributed by atoms with Crippen LogP contribution in [0.4, 0.5) is 9.18 Å². The lowest BCUT2D eigenvalue weighted by atomic mass is 9.84. The van der Waals surface area contributed by atoms with E-state index in [1.165, 1.54) is 6.07 Å². The maximum absolute atomic E-state index is 13.7. The SMILES string of the molecule is CC(CO)Cc1cc(F)ccc1C1CCN(C(=O)OC(C)(C)C)CC1. The van der Waals surface area contributed by atoms with Crippen LogP contribution < -0.4 is 0 Å². The Morgan fingerprint density at radius 1 is 1.36 bits per heavy atom. The van der Waals surface area contributed by atoms with Crippen molar-refractivity contribution >= 4 is 6.09 Å². The molecule has 25 heavy (non-hydrogen) atoms. The van der Waals surface area contributed by atoms with Crippen molar-refractivity contribution in [3.8, 4) is 0 Å². The fraction of sp³-hybridized carbons (Fsp3) is 0.650. The fourth-order valence-corrected chi connectivity index (χ4v) is 3.29. The van der Waals surface area contributed by atoms with Crippen LogP contribution >= 0.6 is 0 Å². The highest BCUT2D eigenvalue weighted by Gasteiger charge is 2.28. The number of halogens is 1. The van der Waals surface area contributed by atoms with Crippen LogP contribution in [0.3, 0.4) is 0 Å². The molecule has 1 fully saturated rings. The summed E-state index contributed by atoms with van der Waals surface area (Å²) in [6.07, 6.45) is 2.08. The molecule has 0 spiro atoms. The molecule has 1 aromatic carbocycles. The van der Waals surface area contributed by atoms with Crippen LogP contribution in [-0.2, 0) is 11.2 Å². The lowest BCUT2D eigenvalue weighted by Gasteiger charge is -2.34. The number of hydrogen-bond acceptors (Lipinski definition) is 3. The summed E-state index contributed by atoms with van der Waals surface area (Å²) in [6.45, 7) is 8.94. The molecule has 1 saturated heterocycles. The standard InChI is InChI=1S/C20H30FNO3/c1-14(13-23)11-16-12-17(21)5-6-18(16)15-7-9-22(10-8-15)19(24)25-20(2,3)4/h5-6,12,14-15,23H,7-11,13H2,1-4H3. The summed E-state index contributed by atoms with van der Waals surface area (Å²) in [5, 5.41) is 9.30. The van der Waals surface area contributed by atoms with Crippen molar-refractivity contribution in [1.82, 2.24) is 4.90 Å². The minimum Gasteiger partial charge on any atom is -0.444 e. The maximum Gasteiger partial charge on any atom is 0.410 e. The fourth-order valence-electron chi connectivity index (χ4n) is 3.29. The van der Waals surface area contributed by atoms with Gasteiger partial charge in [0.05, 0.1) is 0 Å². The lowest BCUT2D eigenvalue weighted by molar-refractivity contribution is 0.0204. The van der Waals surface area contributed by atoms with E-state index in [2.05, 4.69) is 0 Å². The molecule has 4 nitrogen and oxygen atoms in total. The van der Waals surface area contributed by atoms with E-state index < -0.39 is 5.60 Å². The van der Waals surface area contributed by atoms with Crippen molar-refractivity contribution in [3.05, 3.63) is 35.1 Å². The minimum atomic E-state index is -0.488. The normalized spacial score (nSPS) is 17.4. The number of aliphatic hydroxyl groups excluding tert-OH is 1. The van der Waals surface area contributed by atoms with Crippen molar-refractivity contribution in [3.63, 3.8) is 0 Å². The van der Waals surface area contributed by atoms with Gasteiger partial charge in [0.2, 0.25) is 0 Å². The Bertz CT molecular complexity index is 589. The number of amides is 1. The molecule has 1 atom stereocenters. The number of hydrogen-bond donors (Lipinski definition) is 1. The maximum atomic E-state index is 13.7. The number of aliphatic hydroxyl groups is 1. The Morgan fingerprint density at radius 2 is 2.00 bits per heavy atom. The monoisotopic (exact) mass is 351 g/mol. The van der Waals surface area contributed by atoms with Gasteiger partial charge in [-0.15, -0.1) is 0 Å². The van der Waals surface area contributed by atoms with Gasteiger partial charge in [-0.1, -0.05) is 13.0 Å². The molecule has 0 bridgehead atoms. The Hall–Kier alpha value is -1.62. The predicted octanol–water partition coefficient (Wildman–Crippen LogP) is 4.11. The van der Waals surface area contributed by atoms with Crippen molar-refractivity contribution < 1.29 is 19.0 Å². The molecular weight excluding hydrogens is 321 g/mol. The topological polar surface area (TPSA) is 49.8 Å². The molecule has 0 aromatic heterocycles. The zero-order valence-corrected chi connectivity index (χ0v) is 15.7. The summed E-state index contributed by atoms with van der Waals surface area (Å²) in [4.78, 5) is 13.9. The van der Waals surface area contributed by atoms with Crippen LogP contribution in [0, 0.1) is 11.7 Å². The molecule has 0 aliphatic carbocycles. The van der Waals surface area contributed by atoms with Gasteiger partial charge in [-0.2, -0.15) is 0 Å². The molecule has 1 heterocycles. The summed E-state index contributed by atoms with van der Waals surface area (Å²) < 4.78 is 19.1. The zero-order valence-electron chi connectivity index (χ0n) is 15.7. The quantitative estimate of drug-likeness (QED) is 0.888. The van der Waals surface area contributed by atoms with Gasteiger partial charge in [0, 0.05) is 19.7 Å². The summed E-state index contributed by atoms with van der Waals surface area (Å²) in [7, 11) is 0. The minimum absolute atomic E-state index is 0.0903. The van der Waals surface area contributed by atoms with Gasteiger partial charge < -0.3 is 14.7 Å². The molecular formula is C20H30FNO3. The Labute approximate surface area is 150 Å². The second-order valence-electron chi connectivity index (χ2n) is 8.08. The van der Waals surface area contributed by atoms with E-state index in [-0.39, 0.29) is 24.4 Å².